The molecule has 0 spiro atoms. The molecule has 0 radical (unpaired) electrons. The Morgan fingerprint density at radius 3 is 2.38 bits per heavy atom. The van der Waals surface area contributed by atoms with Crippen molar-refractivity contribution in [3.8, 4) is 22.6 Å². The number of fused-ring (bicyclic) bond motifs is 1. The van der Waals surface area contributed by atoms with E-state index in [2.05, 4.69) is 0 Å². The Balaban J connectivity index is 1.40. The molecule has 13 heteroatoms. The van der Waals surface area contributed by atoms with Crippen LogP contribution in [-0.4, -0.2) is 106 Å². The van der Waals surface area contributed by atoms with Gasteiger partial charge in [0, 0.05) is 6.07 Å². The summed E-state index contributed by atoms with van der Waals surface area (Å²) in [5.41, 5.74) is -1.10. The van der Waals surface area contributed by atoms with Gasteiger partial charge in [-0.15, -0.1) is 0 Å². The summed E-state index contributed by atoms with van der Waals surface area (Å²) in [7, 11) is 1.54. The molecular formula is C27H30O13. The van der Waals surface area contributed by atoms with Gasteiger partial charge < -0.3 is 58.7 Å². The SMILES string of the molecule is COc1ccc(-c2coc3cc(O[C@@H]4O[C@@H](CO)[C@@H](O)[C@@H](O)[C@@H]4O[C@@H]4OC[C@](O)(CO)[C@H]4O)ccc3c2=O)cc1. The highest BCUT2D eigenvalue weighted by Gasteiger charge is 2.53. The van der Waals surface area contributed by atoms with Crippen molar-refractivity contribution < 1.29 is 58.7 Å². The highest BCUT2D eigenvalue weighted by atomic mass is 16.8. The predicted octanol–water partition coefficient (Wildman–Crippen LogP) is -0.888. The molecule has 5 rings (SSSR count). The lowest BCUT2D eigenvalue weighted by molar-refractivity contribution is -0.318. The van der Waals surface area contributed by atoms with Crippen molar-refractivity contribution in [1.82, 2.24) is 0 Å². The van der Waals surface area contributed by atoms with Gasteiger partial charge in [0.1, 0.15) is 53.4 Å². The summed E-state index contributed by atoms with van der Waals surface area (Å²) in [6, 6.07) is 11.3. The highest BCUT2D eigenvalue weighted by molar-refractivity contribution is 5.82. The zero-order valence-corrected chi connectivity index (χ0v) is 21.3. The summed E-state index contributed by atoms with van der Waals surface area (Å²) in [6.45, 7) is -1.91. The van der Waals surface area contributed by atoms with E-state index in [1.165, 1.54) is 24.5 Å². The molecule has 0 aliphatic carbocycles. The van der Waals surface area contributed by atoms with E-state index in [0.717, 1.165) is 0 Å². The maximum absolute atomic E-state index is 13.2. The lowest BCUT2D eigenvalue weighted by atomic mass is 9.98. The molecule has 216 valence electrons. The number of aliphatic hydroxyl groups excluding tert-OH is 5. The number of benzene rings is 2. The quantitative estimate of drug-likeness (QED) is 0.198. The van der Waals surface area contributed by atoms with Crippen molar-refractivity contribution in [1.29, 1.82) is 0 Å². The topological polar surface area (TPSA) is 198 Å². The maximum Gasteiger partial charge on any atom is 0.229 e. The van der Waals surface area contributed by atoms with Gasteiger partial charge in [0.05, 0.1) is 37.9 Å². The Morgan fingerprint density at radius 1 is 1.00 bits per heavy atom. The third-order valence-electron chi connectivity index (χ3n) is 7.09. The fourth-order valence-electron chi connectivity index (χ4n) is 4.65. The van der Waals surface area contributed by atoms with Crippen molar-refractivity contribution in [2.24, 2.45) is 0 Å². The second kappa shape index (κ2) is 11.4. The molecule has 0 unspecified atom stereocenters. The van der Waals surface area contributed by atoms with Crippen LogP contribution in [0.4, 0.5) is 0 Å². The predicted molar refractivity (Wildman–Crippen MR) is 136 cm³/mol. The Hall–Kier alpha value is -3.11. The number of hydrogen-bond donors (Lipinski definition) is 6. The summed E-state index contributed by atoms with van der Waals surface area (Å²) >= 11 is 0. The molecule has 1 aromatic heterocycles. The third-order valence-corrected chi connectivity index (χ3v) is 7.09. The second-order valence-electron chi connectivity index (χ2n) is 9.68. The van der Waals surface area contributed by atoms with Crippen LogP contribution in [0.25, 0.3) is 22.1 Å². The first-order valence-electron chi connectivity index (χ1n) is 12.5. The summed E-state index contributed by atoms with van der Waals surface area (Å²) in [5, 5.41) is 61.0. The second-order valence-corrected chi connectivity index (χ2v) is 9.68. The van der Waals surface area contributed by atoms with E-state index in [1.807, 2.05) is 0 Å². The van der Waals surface area contributed by atoms with Crippen molar-refractivity contribution in [2.45, 2.75) is 48.7 Å². The molecule has 0 amide bonds. The number of rotatable bonds is 8. The van der Waals surface area contributed by atoms with Gasteiger partial charge in [0.2, 0.25) is 6.29 Å². The van der Waals surface area contributed by atoms with Crippen LogP contribution in [0.3, 0.4) is 0 Å². The summed E-state index contributed by atoms with van der Waals surface area (Å²) in [5.74, 6) is 0.772. The lowest BCUT2D eigenvalue weighted by Crippen LogP contribution is -2.62. The van der Waals surface area contributed by atoms with E-state index in [9.17, 15) is 35.4 Å². The maximum atomic E-state index is 13.2. The first-order chi connectivity index (χ1) is 19.2. The molecule has 0 saturated carbocycles. The molecule has 2 aromatic carbocycles. The summed E-state index contributed by atoms with van der Waals surface area (Å²) in [4.78, 5) is 13.2. The number of ether oxygens (including phenoxy) is 5. The van der Waals surface area contributed by atoms with Gasteiger partial charge >= 0.3 is 0 Å². The van der Waals surface area contributed by atoms with Crippen molar-refractivity contribution in [2.75, 3.05) is 26.9 Å². The smallest absolute Gasteiger partial charge is 0.229 e. The van der Waals surface area contributed by atoms with Crippen molar-refractivity contribution in [3.05, 3.63) is 59.0 Å². The highest BCUT2D eigenvalue weighted by Crippen LogP contribution is 2.33. The standard InChI is InChI=1S/C27H30O13/c1-35-14-4-2-13(3-5-14)17-10-36-18-8-15(6-7-16(18)20(17)30)38-25-23(22(32)21(31)19(9-28)39-25)40-26-24(33)27(34,11-29)12-37-26/h2-8,10,19,21-26,28-29,31-34H,9,11-12H2,1H3/t19-,21+,22+,23-,24-,25+,26-,27+/m0/s1. The van der Waals surface area contributed by atoms with Crippen LogP contribution in [-0.2, 0) is 14.2 Å². The first-order valence-corrected chi connectivity index (χ1v) is 12.5. The summed E-state index contributed by atoms with van der Waals surface area (Å²) in [6.07, 6.45) is -9.29. The third kappa shape index (κ3) is 5.19. The van der Waals surface area contributed by atoms with Crippen LogP contribution in [0.2, 0.25) is 0 Å². The molecule has 3 heterocycles. The zero-order valence-electron chi connectivity index (χ0n) is 21.3. The molecule has 3 aromatic rings. The van der Waals surface area contributed by atoms with Gasteiger partial charge in [-0.1, -0.05) is 12.1 Å². The molecule has 8 atom stereocenters. The molecule has 40 heavy (non-hydrogen) atoms. The van der Waals surface area contributed by atoms with E-state index < -0.39 is 68.5 Å². The van der Waals surface area contributed by atoms with E-state index in [0.29, 0.717) is 16.9 Å². The van der Waals surface area contributed by atoms with Gasteiger partial charge in [-0.25, -0.2) is 0 Å². The van der Waals surface area contributed by atoms with E-state index in [-0.39, 0.29) is 22.1 Å². The van der Waals surface area contributed by atoms with Crippen LogP contribution in [0.15, 0.2) is 57.9 Å². The zero-order chi connectivity index (χ0) is 28.6. The van der Waals surface area contributed by atoms with E-state index in [1.54, 1.807) is 31.4 Å². The van der Waals surface area contributed by atoms with Gasteiger partial charge in [-0.05, 0) is 29.8 Å². The average molecular weight is 563 g/mol. The van der Waals surface area contributed by atoms with E-state index >= 15 is 0 Å². The van der Waals surface area contributed by atoms with E-state index in [4.69, 9.17) is 28.1 Å². The van der Waals surface area contributed by atoms with Gasteiger partial charge in [-0.2, -0.15) is 0 Å². The fraction of sp³-hybridized carbons (Fsp3) is 0.444. The lowest BCUT2D eigenvalue weighted by Gasteiger charge is -2.42. The molecule has 13 nitrogen and oxygen atoms in total. The Bertz CT molecular complexity index is 1380. The van der Waals surface area contributed by atoms with Crippen LogP contribution in [0.5, 0.6) is 11.5 Å². The average Bonchev–Trinajstić information content (AvgIpc) is 3.26. The van der Waals surface area contributed by atoms with Crippen molar-refractivity contribution >= 4 is 11.0 Å². The van der Waals surface area contributed by atoms with Crippen LogP contribution >= 0.6 is 0 Å². The van der Waals surface area contributed by atoms with Gasteiger partial charge in [-0.3, -0.25) is 4.79 Å². The molecule has 0 bridgehead atoms. The van der Waals surface area contributed by atoms with Gasteiger partial charge in [0.25, 0.3) is 0 Å². The largest absolute Gasteiger partial charge is 0.497 e. The number of methoxy groups -OCH3 is 1. The Morgan fingerprint density at radius 2 is 1.73 bits per heavy atom. The molecule has 2 aliphatic rings. The Kier molecular flexibility index (Phi) is 8.10. The van der Waals surface area contributed by atoms with Crippen LogP contribution in [0, 0.1) is 0 Å². The first kappa shape index (κ1) is 28.4. The normalized spacial score (nSPS) is 32.3. The fourth-order valence-corrected chi connectivity index (χ4v) is 4.65. The molecule has 2 saturated heterocycles. The minimum Gasteiger partial charge on any atom is -0.497 e. The molecule has 2 aliphatic heterocycles. The Labute approximate surface area is 227 Å². The molecule has 6 N–H and O–H groups in total. The number of hydrogen-bond acceptors (Lipinski definition) is 13. The minimum absolute atomic E-state index is 0.131. The van der Waals surface area contributed by atoms with Gasteiger partial charge in [0.15, 0.2) is 17.8 Å². The van der Waals surface area contributed by atoms with Crippen LogP contribution < -0.4 is 14.9 Å². The minimum atomic E-state index is -1.99. The number of aliphatic hydroxyl groups is 6. The van der Waals surface area contributed by atoms with Crippen LogP contribution in [0.1, 0.15) is 0 Å². The molecular weight excluding hydrogens is 532 g/mol. The molecule has 2 fully saturated rings. The van der Waals surface area contributed by atoms with Crippen molar-refractivity contribution in [3.63, 3.8) is 0 Å². The summed E-state index contributed by atoms with van der Waals surface area (Å²) < 4.78 is 33.3. The monoisotopic (exact) mass is 562 g/mol.